The minimum Gasteiger partial charge on any atom is -0.307 e. The van der Waals surface area contributed by atoms with Crippen LogP contribution in [0.4, 0.5) is 4.39 Å². The Hall–Kier alpha value is -0.970. The molecule has 2 aromatic rings. The molecule has 17 heavy (non-hydrogen) atoms. The number of benzene rings is 1. The molecule has 5 heteroatoms. The summed E-state index contributed by atoms with van der Waals surface area (Å²) in [5.74, 6) is -0.315. The van der Waals surface area contributed by atoms with E-state index in [9.17, 15) is 4.39 Å². The van der Waals surface area contributed by atoms with Crippen LogP contribution in [0.1, 0.15) is 22.3 Å². The Morgan fingerprint density at radius 2 is 2.24 bits per heavy atom. The van der Waals surface area contributed by atoms with E-state index in [-0.39, 0.29) is 11.9 Å². The van der Waals surface area contributed by atoms with Gasteiger partial charge in [-0.05, 0) is 26.1 Å². The molecule has 0 aliphatic carbocycles. The molecular formula is C12H12ClFN2S. The average molecular weight is 271 g/mol. The first-order valence-electron chi connectivity index (χ1n) is 5.16. The van der Waals surface area contributed by atoms with Crippen molar-refractivity contribution in [1.29, 1.82) is 0 Å². The Labute approximate surface area is 108 Å². The maximum Gasteiger partial charge on any atom is 0.129 e. The number of thiazole rings is 1. The van der Waals surface area contributed by atoms with Gasteiger partial charge in [0.15, 0.2) is 0 Å². The van der Waals surface area contributed by atoms with Crippen LogP contribution < -0.4 is 5.32 Å². The number of nitrogens with zero attached hydrogens (tertiary/aromatic N) is 1. The first kappa shape index (κ1) is 12.5. The molecule has 2 nitrogen and oxygen atoms in total. The first-order chi connectivity index (χ1) is 8.13. The SMILES string of the molecule is CNC(c1nc(C)cs1)c1c(F)cccc1Cl. The van der Waals surface area contributed by atoms with E-state index in [1.54, 1.807) is 19.2 Å². The van der Waals surface area contributed by atoms with E-state index in [4.69, 9.17) is 11.6 Å². The molecule has 0 saturated heterocycles. The number of aromatic nitrogens is 1. The Morgan fingerprint density at radius 1 is 1.47 bits per heavy atom. The molecule has 1 atom stereocenters. The van der Waals surface area contributed by atoms with E-state index in [0.717, 1.165) is 10.7 Å². The lowest BCUT2D eigenvalue weighted by Gasteiger charge is -2.16. The first-order valence-corrected chi connectivity index (χ1v) is 6.42. The monoisotopic (exact) mass is 270 g/mol. The molecule has 0 bridgehead atoms. The van der Waals surface area contributed by atoms with Gasteiger partial charge >= 0.3 is 0 Å². The summed E-state index contributed by atoms with van der Waals surface area (Å²) < 4.78 is 13.8. The summed E-state index contributed by atoms with van der Waals surface area (Å²) in [5, 5.41) is 6.22. The summed E-state index contributed by atoms with van der Waals surface area (Å²) in [5.41, 5.74) is 1.38. The van der Waals surface area contributed by atoms with Crippen LogP contribution >= 0.6 is 22.9 Å². The van der Waals surface area contributed by atoms with Crippen LogP contribution in [-0.4, -0.2) is 12.0 Å². The van der Waals surface area contributed by atoms with E-state index in [1.807, 2.05) is 12.3 Å². The van der Waals surface area contributed by atoms with Crippen LogP contribution in [0, 0.1) is 12.7 Å². The molecule has 1 N–H and O–H groups in total. The van der Waals surface area contributed by atoms with Gasteiger partial charge in [0, 0.05) is 21.7 Å². The molecule has 0 saturated carbocycles. The van der Waals surface area contributed by atoms with Gasteiger partial charge in [-0.3, -0.25) is 0 Å². The van der Waals surface area contributed by atoms with Crippen LogP contribution in [0.5, 0.6) is 0 Å². The van der Waals surface area contributed by atoms with Crippen molar-refractivity contribution in [3.05, 3.63) is 50.7 Å². The highest BCUT2D eigenvalue weighted by molar-refractivity contribution is 7.09. The maximum atomic E-state index is 13.8. The zero-order valence-electron chi connectivity index (χ0n) is 9.50. The molecule has 0 radical (unpaired) electrons. The largest absolute Gasteiger partial charge is 0.307 e. The van der Waals surface area contributed by atoms with Gasteiger partial charge in [-0.2, -0.15) is 0 Å². The third-order valence-corrected chi connectivity index (χ3v) is 3.82. The predicted octanol–water partition coefficient (Wildman–Crippen LogP) is 3.55. The van der Waals surface area contributed by atoms with E-state index in [1.165, 1.54) is 17.4 Å². The fourth-order valence-electron chi connectivity index (χ4n) is 1.68. The third-order valence-electron chi connectivity index (χ3n) is 2.46. The lowest BCUT2D eigenvalue weighted by Crippen LogP contribution is -2.19. The highest BCUT2D eigenvalue weighted by Gasteiger charge is 2.21. The lowest BCUT2D eigenvalue weighted by atomic mass is 10.1. The molecule has 1 aromatic heterocycles. The van der Waals surface area contributed by atoms with E-state index < -0.39 is 0 Å². The summed E-state index contributed by atoms with van der Waals surface area (Å²) in [7, 11) is 1.77. The summed E-state index contributed by atoms with van der Waals surface area (Å²) in [6, 6.07) is 4.39. The quantitative estimate of drug-likeness (QED) is 0.923. The van der Waals surface area contributed by atoms with E-state index >= 15 is 0 Å². The summed E-state index contributed by atoms with van der Waals surface area (Å²) in [6.45, 7) is 1.91. The Balaban J connectivity index is 2.49. The van der Waals surface area contributed by atoms with Gasteiger partial charge in [0.1, 0.15) is 10.8 Å². The van der Waals surface area contributed by atoms with Crippen molar-refractivity contribution in [3.63, 3.8) is 0 Å². The average Bonchev–Trinajstić information content (AvgIpc) is 2.70. The Morgan fingerprint density at radius 3 is 2.76 bits per heavy atom. The fraction of sp³-hybridized carbons (Fsp3) is 0.250. The molecule has 0 fully saturated rings. The molecular weight excluding hydrogens is 259 g/mol. The van der Waals surface area contributed by atoms with Crippen molar-refractivity contribution in [2.45, 2.75) is 13.0 Å². The number of hydrogen-bond acceptors (Lipinski definition) is 3. The van der Waals surface area contributed by atoms with Crippen LogP contribution in [0.15, 0.2) is 23.6 Å². The predicted molar refractivity (Wildman–Crippen MR) is 69.2 cm³/mol. The second kappa shape index (κ2) is 5.12. The molecule has 1 aromatic carbocycles. The smallest absolute Gasteiger partial charge is 0.129 e. The summed E-state index contributed by atoms with van der Waals surface area (Å²) in [6.07, 6.45) is 0. The number of aryl methyl sites for hydroxylation is 1. The van der Waals surface area contributed by atoms with Crippen LogP contribution in [-0.2, 0) is 0 Å². The fourth-order valence-corrected chi connectivity index (χ4v) is 2.87. The number of nitrogens with one attached hydrogen (secondary N) is 1. The van der Waals surface area contributed by atoms with Crippen molar-refractivity contribution < 1.29 is 4.39 Å². The van der Waals surface area contributed by atoms with Gasteiger partial charge in [-0.15, -0.1) is 11.3 Å². The standard InChI is InChI=1S/C12H12ClFN2S/c1-7-6-17-12(16-7)11(15-2)10-8(13)4-3-5-9(10)14/h3-6,11,15H,1-2H3. The molecule has 1 heterocycles. The zero-order valence-corrected chi connectivity index (χ0v) is 11.1. The maximum absolute atomic E-state index is 13.8. The van der Waals surface area contributed by atoms with Gasteiger partial charge < -0.3 is 5.32 Å². The lowest BCUT2D eigenvalue weighted by molar-refractivity contribution is 0.575. The molecule has 0 aliphatic heterocycles. The van der Waals surface area contributed by atoms with Crippen molar-refractivity contribution in [3.8, 4) is 0 Å². The van der Waals surface area contributed by atoms with Gasteiger partial charge in [0.2, 0.25) is 0 Å². The molecule has 0 spiro atoms. The highest BCUT2D eigenvalue weighted by atomic mass is 35.5. The van der Waals surface area contributed by atoms with Gasteiger partial charge in [0.25, 0.3) is 0 Å². The number of hydrogen-bond donors (Lipinski definition) is 1. The second-order valence-corrected chi connectivity index (χ2v) is 4.98. The van der Waals surface area contributed by atoms with Gasteiger partial charge in [0.05, 0.1) is 6.04 Å². The molecule has 2 rings (SSSR count). The molecule has 1 unspecified atom stereocenters. The minimum atomic E-state index is -0.315. The van der Waals surface area contributed by atoms with Crippen molar-refractivity contribution in [2.24, 2.45) is 0 Å². The van der Waals surface area contributed by atoms with Crippen molar-refractivity contribution in [2.75, 3.05) is 7.05 Å². The Kier molecular flexibility index (Phi) is 3.76. The Bertz CT molecular complexity index is 507. The van der Waals surface area contributed by atoms with Crippen LogP contribution in [0.2, 0.25) is 5.02 Å². The molecule has 90 valence electrons. The molecule has 0 aliphatic rings. The number of halogens is 2. The summed E-state index contributed by atoms with van der Waals surface area (Å²) in [4.78, 5) is 4.37. The molecule has 0 amide bonds. The second-order valence-electron chi connectivity index (χ2n) is 3.68. The minimum absolute atomic E-state index is 0.303. The van der Waals surface area contributed by atoms with E-state index in [0.29, 0.717) is 10.6 Å². The topological polar surface area (TPSA) is 24.9 Å². The summed E-state index contributed by atoms with van der Waals surface area (Å²) >= 11 is 7.55. The normalized spacial score (nSPS) is 12.7. The van der Waals surface area contributed by atoms with Crippen molar-refractivity contribution in [1.82, 2.24) is 10.3 Å². The van der Waals surface area contributed by atoms with E-state index in [2.05, 4.69) is 10.3 Å². The highest BCUT2D eigenvalue weighted by Crippen LogP contribution is 2.31. The van der Waals surface area contributed by atoms with Crippen molar-refractivity contribution >= 4 is 22.9 Å². The van der Waals surface area contributed by atoms with Crippen LogP contribution in [0.3, 0.4) is 0 Å². The number of rotatable bonds is 3. The third kappa shape index (κ3) is 2.49. The van der Waals surface area contributed by atoms with Crippen LogP contribution in [0.25, 0.3) is 0 Å². The van der Waals surface area contributed by atoms with Gasteiger partial charge in [-0.25, -0.2) is 9.37 Å². The zero-order chi connectivity index (χ0) is 12.4. The van der Waals surface area contributed by atoms with Gasteiger partial charge in [-0.1, -0.05) is 17.7 Å².